The summed E-state index contributed by atoms with van der Waals surface area (Å²) in [5, 5.41) is 7.25. The topological polar surface area (TPSA) is 33.3 Å². The average molecular weight is 276 g/mol. The van der Waals surface area contributed by atoms with Crippen molar-refractivity contribution in [1.29, 1.82) is 0 Å². The molecule has 2 rings (SSSR count). The number of ether oxygens (including phenoxy) is 1. The van der Waals surface area contributed by atoms with Crippen LogP contribution in [0.3, 0.4) is 0 Å². The van der Waals surface area contributed by atoms with Crippen LogP contribution in [0.2, 0.25) is 0 Å². The maximum absolute atomic E-state index is 5.25. The monoisotopic (exact) mass is 276 g/mol. The zero-order chi connectivity index (χ0) is 14.2. The highest BCUT2D eigenvalue weighted by Crippen LogP contribution is 2.13. The molecule has 112 valence electrons. The fourth-order valence-corrected chi connectivity index (χ4v) is 2.93. The van der Waals surface area contributed by atoms with Crippen molar-refractivity contribution in [2.24, 2.45) is 0 Å². The molecule has 1 saturated heterocycles. The lowest BCUT2D eigenvalue weighted by atomic mass is 9.99. The third-order valence-electron chi connectivity index (χ3n) is 4.09. The van der Waals surface area contributed by atoms with Crippen LogP contribution >= 0.6 is 0 Å². The molecule has 0 saturated carbocycles. The highest BCUT2D eigenvalue weighted by molar-refractivity contribution is 5.28. The fraction of sp³-hybridized carbons (Fsp3) is 0.647. The van der Waals surface area contributed by atoms with Crippen molar-refractivity contribution in [2.45, 2.75) is 51.1 Å². The van der Waals surface area contributed by atoms with E-state index in [0.29, 0.717) is 12.1 Å². The molecule has 1 fully saturated rings. The van der Waals surface area contributed by atoms with Gasteiger partial charge in [-0.3, -0.25) is 0 Å². The first-order chi connectivity index (χ1) is 9.78. The van der Waals surface area contributed by atoms with Crippen molar-refractivity contribution >= 4 is 0 Å². The van der Waals surface area contributed by atoms with Crippen molar-refractivity contribution in [3.05, 3.63) is 29.8 Å². The average Bonchev–Trinajstić information content (AvgIpc) is 2.48. The van der Waals surface area contributed by atoms with Crippen LogP contribution < -0.4 is 15.4 Å². The van der Waals surface area contributed by atoms with Crippen molar-refractivity contribution < 1.29 is 4.74 Å². The molecule has 1 aliphatic heterocycles. The number of hydrogen-bond donors (Lipinski definition) is 2. The van der Waals surface area contributed by atoms with Gasteiger partial charge in [0.15, 0.2) is 0 Å². The van der Waals surface area contributed by atoms with Gasteiger partial charge in [0.05, 0.1) is 7.11 Å². The largest absolute Gasteiger partial charge is 0.497 e. The van der Waals surface area contributed by atoms with Crippen LogP contribution in [0.25, 0.3) is 0 Å². The standard InChI is InChI=1S/C17H28N2O/c1-14(12-16-7-3-4-10-19-16)18-11-9-15-6-5-8-17(13-15)20-2/h5-6,8,13-14,16,18-19H,3-4,7,9-12H2,1-2H3. The summed E-state index contributed by atoms with van der Waals surface area (Å²) < 4.78 is 5.25. The molecule has 1 aromatic carbocycles. The van der Waals surface area contributed by atoms with E-state index in [2.05, 4.69) is 35.8 Å². The molecule has 3 heteroatoms. The molecule has 0 aliphatic carbocycles. The molecule has 2 unspecified atom stereocenters. The molecule has 1 heterocycles. The van der Waals surface area contributed by atoms with E-state index in [0.717, 1.165) is 18.7 Å². The lowest BCUT2D eigenvalue weighted by Crippen LogP contribution is -2.40. The first kappa shape index (κ1) is 15.3. The molecule has 1 aliphatic rings. The Kier molecular flexibility index (Phi) is 6.34. The van der Waals surface area contributed by atoms with E-state index < -0.39 is 0 Å². The zero-order valence-electron chi connectivity index (χ0n) is 12.8. The molecule has 0 radical (unpaired) electrons. The minimum absolute atomic E-state index is 0.580. The second-order valence-corrected chi connectivity index (χ2v) is 5.84. The van der Waals surface area contributed by atoms with Crippen LogP contribution in [0.15, 0.2) is 24.3 Å². The summed E-state index contributed by atoms with van der Waals surface area (Å²) in [6.07, 6.45) is 6.35. The van der Waals surface area contributed by atoms with E-state index in [1.165, 1.54) is 37.8 Å². The van der Waals surface area contributed by atoms with Gasteiger partial charge in [0.2, 0.25) is 0 Å². The number of rotatable bonds is 7. The minimum Gasteiger partial charge on any atom is -0.497 e. The zero-order valence-corrected chi connectivity index (χ0v) is 12.8. The van der Waals surface area contributed by atoms with Crippen LogP contribution in [0.4, 0.5) is 0 Å². The molecule has 0 aromatic heterocycles. The first-order valence-corrected chi connectivity index (χ1v) is 7.87. The summed E-state index contributed by atoms with van der Waals surface area (Å²) in [5.74, 6) is 0.946. The Hall–Kier alpha value is -1.06. The van der Waals surface area contributed by atoms with E-state index in [1.807, 2.05) is 6.07 Å². The molecule has 0 amide bonds. The van der Waals surface area contributed by atoms with E-state index in [9.17, 15) is 0 Å². The van der Waals surface area contributed by atoms with Crippen LogP contribution in [0.5, 0.6) is 5.75 Å². The Balaban J connectivity index is 1.66. The lowest BCUT2D eigenvalue weighted by Gasteiger charge is -2.26. The van der Waals surface area contributed by atoms with Crippen molar-refractivity contribution in [3.63, 3.8) is 0 Å². The van der Waals surface area contributed by atoms with E-state index in [4.69, 9.17) is 4.74 Å². The predicted molar refractivity (Wildman–Crippen MR) is 84.4 cm³/mol. The van der Waals surface area contributed by atoms with Gasteiger partial charge in [-0.2, -0.15) is 0 Å². The molecular weight excluding hydrogens is 248 g/mol. The van der Waals surface area contributed by atoms with Gasteiger partial charge in [-0.05, 0) is 63.4 Å². The van der Waals surface area contributed by atoms with E-state index in [1.54, 1.807) is 7.11 Å². The van der Waals surface area contributed by atoms with Crippen LogP contribution in [0.1, 0.15) is 38.2 Å². The minimum atomic E-state index is 0.580. The summed E-state index contributed by atoms with van der Waals surface area (Å²) in [6, 6.07) is 9.63. The summed E-state index contributed by atoms with van der Waals surface area (Å²) in [4.78, 5) is 0. The Morgan fingerprint density at radius 2 is 2.30 bits per heavy atom. The van der Waals surface area contributed by atoms with Crippen LogP contribution in [-0.2, 0) is 6.42 Å². The summed E-state index contributed by atoms with van der Waals surface area (Å²) in [7, 11) is 1.72. The number of benzene rings is 1. The van der Waals surface area contributed by atoms with Gasteiger partial charge >= 0.3 is 0 Å². The number of nitrogens with one attached hydrogen (secondary N) is 2. The maximum Gasteiger partial charge on any atom is 0.119 e. The maximum atomic E-state index is 5.25. The molecule has 2 atom stereocenters. The van der Waals surface area contributed by atoms with Gasteiger partial charge < -0.3 is 15.4 Å². The fourth-order valence-electron chi connectivity index (χ4n) is 2.93. The van der Waals surface area contributed by atoms with E-state index in [-0.39, 0.29) is 0 Å². The third-order valence-corrected chi connectivity index (χ3v) is 4.09. The SMILES string of the molecule is COc1cccc(CCNC(C)CC2CCCCN2)c1. The van der Waals surface area contributed by atoms with Crippen LogP contribution in [0, 0.1) is 0 Å². The molecular formula is C17H28N2O. The quantitative estimate of drug-likeness (QED) is 0.803. The molecule has 3 nitrogen and oxygen atoms in total. The van der Waals surface area contributed by atoms with Crippen molar-refractivity contribution in [3.8, 4) is 5.75 Å². The first-order valence-electron chi connectivity index (χ1n) is 7.87. The second kappa shape index (κ2) is 8.28. The smallest absolute Gasteiger partial charge is 0.119 e. The van der Waals surface area contributed by atoms with Gasteiger partial charge in [0, 0.05) is 12.1 Å². The Labute approximate surface area is 123 Å². The highest BCUT2D eigenvalue weighted by Gasteiger charge is 2.15. The number of piperidine rings is 1. The highest BCUT2D eigenvalue weighted by atomic mass is 16.5. The normalized spacial score (nSPS) is 20.6. The van der Waals surface area contributed by atoms with Gasteiger partial charge in [-0.15, -0.1) is 0 Å². The molecule has 1 aromatic rings. The van der Waals surface area contributed by atoms with Gasteiger partial charge in [-0.25, -0.2) is 0 Å². The second-order valence-electron chi connectivity index (χ2n) is 5.84. The lowest BCUT2D eigenvalue weighted by molar-refractivity contribution is 0.346. The Morgan fingerprint density at radius 1 is 1.40 bits per heavy atom. The van der Waals surface area contributed by atoms with Crippen LogP contribution in [-0.4, -0.2) is 32.3 Å². The molecule has 20 heavy (non-hydrogen) atoms. The van der Waals surface area contributed by atoms with Gasteiger partial charge in [0.1, 0.15) is 5.75 Å². The third kappa shape index (κ3) is 5.14. The van der Waals surface area contributed by atoms with Gasteiger partial charge in [-0.1, -0.05) is 18.6 Å². The molecule has 0 bridgehead atoms. The van der Waals surface area contributed by atoms with Gasteiger partial charge in [0.25, 0.3) is 0 Å². The number of methoxy groups -OCH3 is 1. The predicted octanol–water partition coefficient (Wildman–Crippen LogP) is 2.75. The number of hydrogen-bond acceptors (Lipinski definition) is 3. The van der Waals surface area contributed by atoms with Crippen molar-refractivity contribution in [1.82, 2.24) is 10.6 Å². The molecule has 2 N–H and O–H groups in total. The Morgan fingerprint density at radius 3 is 3.05 bits per heavy atom. The molecule has 0 spiro atoms. The van der Waals surface area contributed by atoms with E-state index >= 15 is 0 Å². The van der Waals surface area contributed by atoms with Crippen molar-refractivity contribution in [2.75, 3.05) is 20.2 Å². The summed E-state index contributed by atoms with van der Waals surface area (Å²) in [5.41, 5.74) is 1.33. The summed E-state index contributed by atoms with van der Waals surface area (Å²) in [6.45, 7) is 4.52. The Bertz CT molecular complexity index is 388. The summed E-state index contributed by atoms with van der Waals surface area (Å²) >= 11 is 0.